The number of nitrogens with two attached hydrogens (primary N) is 1. The van der Waals surface area contributed by atoms with Gasteiger partial charge in [0, 0.05) is 5.56 Å². The molecule has 0 radical (unpaired) electrons. The molecule has 4 nitrogen and oxygen atoms in total. The van der Waals surface area contributed by atoms with Crippen LogP contribution in [0.3, 0.4) is 0 Å². The number of rotatable bonds is 2. The molecule has 2 rings (SSSR count). The van der Waals surface area contributed by atoms with Gasteiger partial charge in [0.15, 0.2) is 5.82 Å². The van der Waals surface area contributed by atoms with Gasteiger partial charge in [-0.2, -0.15) is 5.10 Å². The fourth-order valence-corrected chi connectivity index (χ4v) is 1.54. The van der Waals surface area contributed by atoms with Crippen LogP contribution in [0.25, 0.3) is 11.4 Å². The Bertz CT molecular complexity index is 482. The maximum absolute atomic E-state index is 6.13. The normalized spacial score (nSPS) is 13.6. The summed E-state index contributed by atoms with van der Waals surface area (Å²) in [6, 6.07) is 9.72. The molecule has 0 spiro atoms. The van der Waals surface area contributed by atoms with Crippen LogP contribution in [0.15, 0.2) is 30.3 Å². The molecule has 0 fully saturated rings. The van der Waals surface area contributed by atoms with E-state index >= 15 is 0 Å². The van der Waals surface area contributed by atoms with Gasteiger partial charge in [0.2, 0.25) is 0 Å². The monoisotopic (exact) mass is 230 g/mol. The minimum Gasteiger partial charge on any atom is -0.321 e. The Balaban J connectivity index is 2.28. The van der Waals surface area contributed by atoms with Crippen LogP contribution in [0.1, 0.15) is 32.6 Å². The molecule has 1 aromatic heterocycles. The number of H-pyrrole nitrogens is 1. The molecule has 0 aliphatic carbocycles. The second-order valence-electron chi connectivity index (χ2n) is 5.25. The van der Waals surface area contributed by atoms with Crippen molar-refractivity contribution >= 4 is 0 Å². The second kappa shape index (κ2) is 4.30. The summed E-state index contributed by atoms with van der Waals surface area (Å²) in [5.41, 5.74) is 7.09. The van der Waals surface area contributed by atoms with E-state index in [9.17, 15) is 0 Å². The first kappa shape index (κ1) is 11.8. The Morgan fingerprint density at radius 3 is 2.41 bits per heavy atom. The van der Waals surface area contributed by atoms with Crippen molar-refractivity contribution in [2.24, 2.45) is 11.1 Å². The van der Waals surface area contributed by atoms with Crippen molar-refractivity contribution in [2.75, 3.05) is 0 Å². The fourth-order valence-electron chi connectivity index (χ4n) is 1.54. The van der Waals surface area contributed by atoms with E-state index in [0.717, 1.165) is 11.4 Å². The lowest BCUT2D eigenvalue weighted by molar-refractivity contribution is 0.316. The van der Waals surface area contributed by atoms with Gasteiger partial charge < -0.3 is 5.73 Å². The van der Waals surface area contributed by atoms with Crippen molar-refractivity contribution in [3.8, 4) is 11.4 Å². The summed E-state index contributed by atoms with van der Waals surface area (Å²) in [6.45, 7) is 6.26. The van der Waals surface area contributed by atoms with E-state index in [4.69, 9.17) is 5.73 Å². The van der Waals surface area contributed by atoms with Crippen LogP contribution in [-0.4, -0.2) is 15.2 Å². The van der Waals surface area contributed by atoms with Crippen molar-refractivity contribution in [1.29, 1.82) is 0 Å². The van der Waals surface area contributed by atoms with Gasteiger partial charge in [-0.05, 0) is 5.41 Å². The average molecular weight is 230 g/mol. The predicted molar refractivity (Wildman–Crippen MR) is 68.2 cm³/mol. The first-order valence-electron chi connectivity index (χ1n) is 5.72. The maximum atomic E-state index is 6.13. The van der Waals surface area contributed by atoms with Crippen LogP contribution in [0, 0.1) is 5.41 Å². The van der Waals surface area contributed by atoms with Gasteiger partial charge in [-0.3, -0.25) is 5.10 Å². The van der Waals surface area contributed by atoms with Gasteiger partial charge in [0.25, 0.3) is 0 Å². The van der Waals surface area contributed by atoms with Crippen LogP contribution in [-0.2, 0) is 0 Å². The summed E-state index contributed by atoms with van der Waals surface area (Å²) >= 11 is 0. The smallest absolute Gasteiger partial charge is 0.181 e. The minimum atomic E-state index is -0.146. The molecule has 0 saturated heterocycles. The van der Waals surface area contributed by atoms with E-state index in [-0.39, 0.29) is 11.5 Å². The zero-order chi connectivity index (χ0) is 12.5. The van der Waals surface area contributed by atoms with E-state index < -0.39 is 0 Å². The summed E-state index contributed by atoms with van der Waals surface area (Å²) in [6.07, 6.45) is 0. The summed E-state index contributed by atoms with van der Waals surface area (Å²) in [4.78, 5) is 4.46. The van der Waals surface area contributed by atoms with Crippen molar-refractivity contribution in [3.05, 3.63) is 36.2 Å². The molecule has 0 bridgehead atoms. The molecular weight excluding hydrogens is 212 g/mol. The van der Waals surface area contributed by atoms with Crippen molar-refractivity contribution in [3.63, 3.8) is 0 Å². The fraction of sp³-hybridized carbons (Fsp3) is 0.385. The molecule has 1 atom stereocenters. The predicted octanol–water partition coefficient (Wildman–Crippen LogP) is 2.52. The topological polar surface area (TPSA) is 67.6 Å². The standard InChI is InChI=1S/C13H18N4/c1-13(2,3)10(14)12-15-11(16-17-12)9-7-5-4-6-8-9/h4-8,10H,14H2,1-3H3,(H,15,16,17)/t10-/m1/s1. The molecule has 2 aromatic rings. The van der Waals surface area contributed by atoms with Gasteiger partial charge >= 0.3 is 0 Å². The summed E-state index contributed by atoms with van der Waals surface area (Å²) in [5.74, 6) is 1.43. The van der Waals surface area contributed by atoms with Crippen LogP contribution in [0.4, 0.5) is 0 Å². The average Bonchev–Trinajstić information content (AvgIpc) is 2.77. The Hall–Kier alpha value is -1.68. The highest BCUT2D eigenvalue weighted by molar-refractivity contribution is 5.53. The molecular formula is C13H18N4. The summed E-state index contributed by atoms with van der Waals surface area (Å²) in [5, 5.41) is 7.13. The maximum Gasteiger partial charge on any atom is 0.181 e. The molecule has 0 saturated carbocycles. The lowest BCUT2D eigenvalue weighted by Crippen LogP contribution is -2.27. The summed E-state index contributed by atoms with van der Waals surface area (Å²) in [7, 11) is 0. The van der Waals surface area contributed by atoms with Gasteiger partial charge in [-0.15, -0.1) is 0 Å². The third kappa shape index (κ3) is 2.53. The van der Waals surface area contributed by atoms with E-state index in [2.05, 4.69) is 36.0 Å². The first-order valence-corrected chi connectivity index (χ1v) is 5.72. The highest BCUT2D eigenvalue weighted by Gasteiger charge is 2.25. The van der Waals surface area contributed by atoms with Crippen LogP contribution in [0.2, 0.25) is 0 Å². The molecule has 0 unspecified atom stereocenters. The molecule has 4 heteroatoms. The number of aromatic amines is 1. The SMILES string of the molecule is CC(C)(C)[C@H](N)c1nc(-c2ccccc2)n[nH]1. The van der Waals surface area contributed by atoms with Crippen molar-refractivity contribution in [1.82, 2.24) is 15.2 Å². The third-order valence-electron chi connectivity index (χ3n) is 2.76. The Labute approximate surface area is 101 Å². The van der Waals surface area contributed by atoms with E-state index in [1.165, 1.54) is 0 Å². The van der Waals surface area contributed by atoms with E-state index in [1.807, 2.05) is 30.3 Å². The molecule has 0 aliphatic heterocycles. The Morgan fingerprint density at radius 1 is 1.18 bits per heavy atom. The van der Waals surface area contributed by atoms with Gasteiger partial charge in [0.1, 0.15) is 5.82 Å². The van der Waals surface area contributed by atoms with Crippen molar-refractivity contribution < 1.29 is 0 Å². The molecule has 0 amide bonds. The molecule has 17 heavy (non-hydrogen) atoms. The van der Waals surface area contributed by atoms with Crippen LogP contribution >= 0.6 is 0 Å². The van der Waals surface area contributed by atoms with E-state index in [1.54, 1.807) is 0 Å². The largest absolute Gasteiger partial charge is 0.321 e. The number of nitrogens with one attached hydrogen (secondary N) is 1. The molecule has 0 aliphatic rings. The molecule has 3 N–H and O–H groups in total. The zero-order valence-corrected chi connectivity index (χ0v) is 10.4. The summed E-state index contributed by atoms with van der Waals surface area (Å²) < 4.78 is 0. The first-order chi connectivity index (χ1) is 7.98. The zero-order valence-electron chi connectivity index (χ0n) is 10.4. The Morgan fingerprint density at radius 2 is 1.82 bits per heavy atom. The van der Waals surface area contributed by atoms with E-state index in [0.29, 0.717) is 5.82 Å². The lowest BCUT2D eigenvalue weighted by Gasteiger charge is -2.24. The lowest BCUT2D eigenvalue weighted by atomic mass is 9.87. The van der Waals surface area contributed by atoms with Gasteiger partial charge in [0.05, 0.1) is 6.04 Å². The quantitative estimate of drug-likeness (QED) is 0.833. The number of aromatic nitrogens is 3. The molecule has 1 aromatic carbocycles. The second-order valence-corrected chi connectivity index (χ2v) is 5.25. The van der Waals surface area contributed by atoms with Crippen LogP contribution in [0.5, 0.6) is 0 Å². The number of hydrogen-bond donors (Lipinski definition) is 2. The molecule has 90 valence electrons. The van der Waals surface area contributed by atoms with Gasteiger partial charge in [-0.1, -0.05) is 51.1 Å². The van der Waals surface area contributed by atoms with Crippen LogP contribution < -0.4 is 5.73 Å². The molecule has 1 heterocycles. The number of hydrogen-bond acceptors (Lipinski definition) is 3. The highest BCUT2D eigenvalue weighted by atomic mass is 15.2. The minimum absolute atomic E-state index is 0.0342. The van der Waals surface area contributed by atoms with Crippen molar-refractivity contribution in [2.45, 2.75) is 26.8 Å². The highest BCUT2D eigenvalue weighted by Crippen LogP contribution is 2.29. The number of nitrogens with zero attached hydrogens (tertiary/aromatic N) is 2. The Kier molecular flexibility index (Phi) is 2.98. The number of benzene rings is 1. The third-order valence-corrected chi connectivity index (χ3v) is 2.76. The van der Waals surface area contributed by atoms with Gasteiger partial charge in [-0.25, -0.2) is 4.98 Å².